The van der Waals surface area contributed by atoms with Gasteiger partial charge in [-0.15, -0.1) is 11.3 Å². The van der Waals surface area contributed by atoms with Crippen LogP contribution in [-0.2, 0) is 11.4 Å². The molecule has 2 aromatic carbocycles. The second-order valence-electron chi connectivity index (χ2n) is 6.96. The molecule has 0 spiro atoms. The van der Waals surface area contributed by atoms with E-state index in [0.717, 1.165) is 22.6 Å². The maximum absolute atomic E-state index is 13.3. The highest BCUT2D eigenvalue weighted by Crippen LogP contribution is 2.26. The van der Waals surface area contributed by atoms with Crippen molar-refractivity contribution in [3.05, 3.63) is 87.9 Å². The maximum atomic E-state index is 13.3. The molecule has 1 aliphatic rings. The van der Waals surface area contributed by atoms with E-state index in [9.17, 15) is 9.18 Å². The molecule has 0 radical (unpaired) electrons. The highest BCUT2D eigenvalue weighted by molar-refractivity contribution is 7.12. The largest absolute Gasteiger partial charge is 0.496 e. The van der Waals surface area contributed by atoms with Crippen molar-refractivity contribution in [2.75, 3.05) is 13.7 Å². The van der Waals surface area contributed by atoms with Gasteiger partial charge in [-0.1, -0.05) is 35.5 Å². The first-order chi connectivity index (χ1) is 14.6. The molecular weight excluding hydrogens is 403 g/mol. The number of hydrogen-bond donors (Lipinski definition) is 0. The van der Waals surface area contributed by atoms with Crippen LogP contribution >= 0.6 is 11.3 Å². The van der Waals surface area contributed by atoms with Crippen LogP contribution in [0, 0.1) is 5.82 Å². The number of oxime groups is 1. The fourth-order valence-electron chi connectivity index (χ4n) is 3.40. The van der Waals surface area contributed by atoms with E-state index in [2.05, 4.69) is 5.16 Å². The number of hydrogen-bond acceptors (Lipinski definition) is 5. The zero-order valence-electron chi connectivity index (χ0n) is 16.5. The van der Waals surface area contributed by atoms with E-state index in [0.29, 0.717) is 24.4 Å². The zero-order valence-corrected chi connectivity index (χ0v) is 17.3. The van der Waals surface area contributed by atoms with Gasteiger partial charge in [0.2, 0.25) is 0 Å². The van der Waals surface area contributed by atoms with E-state index in [1.54, 1.807) is 30.2 Å². The van der Waals surface area contributed by atoms with E-state index >= 15 is 0 Å². The zero-order chi connectivity index (χ0) is 20.9. The van der Waals surface area contributed by atoms with Gasteiger partial charge in [0.25, 0.3) is 5.91 Å². The Morgan fingerprint density at radius 1 is 1.20 bits per heavy atom. The van der Waals surface area contributed by atoms with Crippen LogP contribution in [0.3, 0.4) is 0 Å². The van der Waals surface area contributed by atoms with Gasteiger partial charge < -0.3 is 14.5 Å². The first-order valence-corrected chi connectivity index (χ1v) is 10.5. The first kappa shape index (κ1) is 20.1. The molecule has 0 saturated heterocycles. The fraction of sp³-hybridized carbons (Fsp3) is 0.217. The number of benzene rings is 2. The average Bonchev–Trinajstić information content (AvgIpc) is 3.47. The number of carbonyl (C=O) groups is 1. The van der Waals surface area contributed by atoms with E-state index in [1.165, 1.54) is 23.5 Å². The molecule has 3 aromatic rings. The number of para-hydroxylation sites is 1. The van der Waals surface area contributed by atoms with E-state index < -0.39 is 0 Å². The molecule has 1 aliphatic heterocycles. The van der Waals surface area contributed by atoms with E-state index in [1.807, 2.05) is 35.7 Å². The van der Waals surface area contributed by atoms with Crippen molar-refractivity contribution >= 4 is 23.0 Å². The van der Waals surface area contributed by atoms with Crippen molar-refractivity contribution in [1.29, 1.82) is 0 Å². The summed E-state index contributed by atoms with van der Waals surface area (Å²) in [6.07, 6.45) is 0.298. The fourth-order valence-corrected chi connectivity index (χ4v) is 4.09. The minimum Gasteiger partial charge on any atom is -0.496 e. The molecule has 0 bridgehead atoms. The normalized spacial score (nSPS) is 15.4. The summed E-state index contributed by atoms with van der Waals surface area (Å²) in [7, 11) is 1.62. The van der Waals surface area contributed by atoms with Gasteiger partial charge in [0, 0.05) is 18.5 Å². The Morgan fingerprint density at radius 2 is 2.00 bits per heavy atom. The molecule has 0 fully saturated rings. The lowest BCUT2D eigenvalue weighted by Gasteiger charge is -2.24. The molecule has 1 atom stereocenters. The van der Waals surface area contributed by atoms with Crippen molar-refractivity contribution in [1.82, 2.24) is 4.90 Å². The highest BCUT2D eigenvalue weighted by atomic mass is 32.1. The van der Waals surface area contributed by atoms with Gasteiger partial charge in [-0.05, 0) is 41.3 Å². The summed E-state index contributed by atoms with van der Waals surface area (Å²) in [5.41, 5.74) is 2.53. The minimum absolute atomic E-state index is 0.0799. The van der Waals surface area contributed by atoms with Crippen molar-refractivity contribution in [2.45, 2.75) is 19.1 Å². The molecule has 0 N–H and O–H groups in total. The van der Waals surface area contributed by atoms with Gasteiger partial charge in [0.1, 0.15) is 11.6 Å². The van der Waals surface area contributed by atoms with Crippen molar-refractivity contribution in [2.24, 2.45) is 5.16 Å². The number of methoxy groups -OCH3 is 1. The van der Waals surface area contributed by atoms with Crippen molar-refractivity contribution in [3.63, 3.8) is 0 Å². The molecule has 1 aromatic heterocycles. The summed E-state index contributed by atoms with van der Waals surface area (Å²) in [6, 6.07) is 17.5. The predicted molar refractivity (Wildman–Crippen MR) is 114 cm³/mol. The van der Waals surface area contributed by atoms with Crippen molar-refractivity contribution < 1.29 is 18.8 Å². The molecule has 0 aliphatic carbocycles. The van der Waals surface area contributed by atoms with Crippen molar-refractivity contribution in [3.8, 4) is 5.75 Å². The number of thiophene rings is 1. The number of amides is 1. The van der Waals surface area contributed by atoms with Gasteiger partial charge in [0.05, 0.1) is 24.2 Å². The third-order valence-electron chi connectivity index (χ3n) is 4.88. The van der Waals surface area contributed by atoms with Crippen LogP contribution in [0.1, 0.15) is 27.2 Å². The highest BCUT2D eigenvalue weighted by Gasteiger charge is 2.28. The lowest BCUT2D eigenvalue weighted by molar-refractivity contribution is 0.0408. The van der Waals surface area contributed by atoms with Crippen LogP contribution in [0.5, 0.6) is 5.75 Å². The molecule has 2 heterocycles. The number of nitrogens with zero attached hydrogens (tertiary/aromatic N) is 2. The summed E-state index contributed by atoms with van der Waals surface area (Å²) in [4.78, 5) is 21.1. The molecular formula is C23H21FN2O3S. The topological polar surface area (TPSA) is 51.1 Å². The average molecular weight is 424 g/mol. The van der Waals surface area contributed by atoms with Gasteiger partial charge in [-0.25, -0.2) is 4.39 Å². The lowest BCUT2D eigenvalue weighted by atomic mass is 10.0. The molecule has 7 heteroatoms. The van der Waals surface area contributed by atoms with E-state index in [4.69, 9.17) is 9.57 Å². The van der Waals surface area contributed by atoms with Crippen LogP contribution in [-0.4, -0.2) is 36.3 Å². The van der Waals surface area contributed by atoms with Gasteiger partial charge in [0.15, 0.2) is 6.10 Å². The smallest absolute Gasteiger partial charge is 0.264 e. The molecule has 30 heavy (non-hydrogen) atoms. The quantitative estimate of drug-likeness (QED) is 0.551. The number of ether oxygens (including phenoxy) is 1. The van der Waals surface area contributed by atoms with Crippen LogP contribution in [0.2, 0.25) is 0 Å². The van der Waals surface area contributed by atoms with Crippen LogP contribution in [0.25, 0.3) is 0 Å². The van der Waals surface area contributed by atoms with Gasteiger partial charge in [-0.3, -0.25) is 4.79 Å². The Balaban J connectivity index is 1.49. The number of rotatable bonds is 7. The van der Waals surface area contributed by atoms with Gasteiger partial charge in [-0.2, -0.15) is 0 Å². The molecule has 5 nitrogen and oxygen atoms in total. The Labute approximate surface area is 178 Å². The molecule has 1 amide bonds. The lowest BCUT2D eigenvalue weighted by Crippen LogP contribution is -2.37. The second-order valence-corrected chi connectivity index (χ2v) is 7.91. The number of halogens is 1. The van der Waals surface area contributed by atoms with Crippen LogP contribution < -0.4 is 4.74 Å². The Morgan fingerprint density at radius 3 is 2.73 bits per heavy atom. The molecule has 4 rings (SSSR count). The monoisotopic (exact) mass is 424 g/mol. The standard InChI is InChI=1S/C23H21FN2O3S/c1-28-21-6-3-2-5-19(21)20-13-18(29-25-20)15-26(23(27)22-7-4-12-30-22)14-16-8-10-17(24)11-9-16/h2-12,18H,13-15H2,1H3. The summed E-state index contributed by atoms with van der Waals surface area (Å²) in [6.45, 7) is 0.733. The Kier molecular flexibility index (Phi) is 6.09. The summed E-state index contributed by atoms with van der Waals surface area (Å²) < 4.78 is 18.7. The Hall–Kier alpha value is -3.19. The summed E-state index contributed by atoms with van der Waals surface area (Å²) in [5, 5.41) is 6.11. The summed E-state index contributed by atoms with van der Waals surface area (Å²) >= 11 is 1.40. The molecule has 1 unspecified atom stereocenters. The second kappa shape index (κ2) is 9.09. The molecule has 0 saturated carbocycles. The Bertz CT molecular complexity index is 1030. The SMILES string of the molecule is COc1ccccc1C1=NOC(CN(Cc2ccc(F)cc2)C(=O)c2cccs2)C1. The minimum atomic E-state index is -0.302. The third-order valence-corrected chi connectivity index (χ3v) is 5.74. The van der Waals surface area contributed by atoms with Gasteiger partial charge >= 0.3 is 0 Å². The van der Waals surface area contributed by atoms with Crippen LogP contribution in [0.4, 0.5) is 4.39 Å². The number of carbonyl (C=O) groups excluding carboxylic acids is 1. The van der Waals surface area contributed by atoms with E-state index in [-0.39, 0.29) is 17.8 Å². The first-order valence-electron chi connectivity index (χ1n) is 9.57. The third kappa shape index (κ3) is 4.52. The predicted octanol–water partition coefficient (Wildman–Crippen LogP) is 4.73. The maximum Gasteiger partial charge on any atom is 0.264 e. The summed E-state index contributed by atoms with van der Waals surface area (Å²) in [5.74, 6) is 0.353. The molecule has 154 valence electrons. The van der Waals surface area contributed by atoms with Crippen LogP contribution in [0.15, 0.2) is 71.2 Å².